The Hall–Kier alpha value is -3.56. The Bertz CT molecular complexity index is 1740. The van der Waals surface area contributed by atoms with Gasteiger partial charge in [-0.3, -0.25) is 4.90 Å². The van der Waals surface area contributed by atoms with Gasteiger partial charge in [-0.15, -0.1) is 0 Å². The molecule has 2 heterocycles. The predicted octanol–water partition coefficient (Wildman–Crippen LogP) is 6.97. The molecule has 6 fully saturated rings. The molecular weight excluding hydrogens is 723 g/mol. The van der Waals surface area contributed by atoms with Gasteiger partial charge in [-0.2, -0.15) is 0 Å². The van der Waals surface area contributed by atoms with Crippen molar-refractivity contribution in [2.75, 3.05) is 19.6 Å². The van der Waals surface area contributed by atoms with E-state index in [0.29, 0.717) is 23.8 Å². The molecule has 1 amide bonds. The summed E-state index contributed by atoms with van der Waals surface area (Å²) in [6.45, 7) is 24.3. The molecule has 0 spiro atoms. The maximum atomic E-state index is 14.1. The third kappa shape index (κ3) is 8.64. The van der Waals surface area contributed by atoms with Gasteiger partial charge in [0.2, 0.25) is 0 Å². The summed E-state index contributed by atoms with van der Waals surface area (Å²) in [4.78, 5) is 54.1. The van der Waals surface area contributed by atoms with Crippen LogP contribution < -0.4 is 14.8 Å². The molecule has 7 atom stereocenters. The first-order chi connectivity index (χ1) is 25.6. The summed E-state index contributed by atoms with van der Waals surface area (Å²) in [7, 11) is -0.442. The number of nitrogens with zero attached hydrogens (tertiary/aromatic N) is 1. The molecule has 14 nitrogen and oxygen atoms in total. The molecule has 0 aromatic heterocycles. The van der Waals surface area contributed by atoms with E-state index >= 15 is 0 Å². The molecule has 4 saturated carbocycles. The summed E-state index contributed by atoms with van der Waals surface area (Å²) in [5.41, 5.74) is -3.83. The zero-order valence-corrected chi connectivity index (χ0v) is 35.3. The molecule has 2 aliphatic heterocycles. The third-order valence-corrected chi connectivity index (χ3v) is 11.9. The second-order valence-electron chi connectivity index (χ2n) is 20.5. The summed E-state index contributed by atoms with van der Waals surface area (Å²) < 4.78 is 42.5. The van der Waals surface area contributed by atoms with E-state index in [-0.39, 0.29) is 65.6 Å². The first-order valence-corrected chi connectivity index (χ1v) is 19.9. The lowest BCUT2D eigenvalue weighted by molar-refractivity contribution is -0.199. The molecule has 4 aliphatic carbocycles. The van der Waals surface area contributed by atoms with Crippen molar-refractivity contribution in [3.63, 3.8) is 0 Å². The summed E-state index contributed by atoms with van der Waals surface area (Å²) >= 11 is 0. The fourth-order valence-electron chi connectivity index (χ4n) is 8.96. The van der Waals surface area contributed by atoms with E-state index in [9.17, 15) is 24.3 Å². The number of rotatable bonds is 10. The smallest absolute Gasteiger partial charge is 0.487 e. The number of esters is 1. The van der Waals surface area contributed by atoms with Gasteiger partial charge in [0.15, 0.2) is 11.3 Å². The summed E-state index contributed by atoms with van der Waals surface area (Å²) in [6.07, 6.45) is 0.521. The number of carbonyl (C=O) groups is 4. The molecule has 310 valence electrons. The van der Waals surface area contributed by atoms with Crippen molar-refractivity contribution in [2.24, 2.45) is 17.3 Å². The summed E-state index contributed by atoms with van der Waals surface area (Å²) in [5, 5.41) is 12.5. The zero-order chi connectivity index (χ0) is 41.6. The molecule has 0 radical (unpaired) electrons. The second kappa shape index (κ2) is 14.1. The third-order valence-electron chi connectivity index (χ3n) is 11.9. The Morgan fingerprint density at radius 3 is 2.09 bits per heavy atom. The molecule has 1 aromatic rings. The fourth-order valence-corrected chi connectivity index (χ4v) is 8.96. The van der Waals surface area contributed by atoms with Gasteiger partial charge in [-0.25, -0.2) is 19.2 Å². The standard InChI is InChI=1S/C41H61BN2O12/c1-36(2,3)52-32(45)30-27(50-23-19-44(20-23)21-40(12,33(46)47)43-34(48)53-37(4,5)6)15-14-24(31(30)51-35(49)54-38(7,8)9)25-18-26(25)42-55-29-17-22-16-28(39(22,10)11)41(29,13)56-42/h14-15,22-23,25-26,28-29H,16-21H2,1-13H3,(H,43,48)(H,46,47)/t22-,25?,26?,28-,29+,40+,41-/m0/s1. The van der Waals surface area contributed by atoms with Crippen molar-refractivity contribution in [2.45, 2.75) is 161 Å². The monoisotopic (exact) mass is 784 g/mol. The first kappa shape index (κ1) is 42.1. The molecule has 7 rings (SSSR count). The highest BCUT2D eigenvalue weighted by molar-refractivity contribution is 6.49. The molecule has 2 bridgehead atoms. The molecule has 2 N–H and O–H groups in total. The van der Waals surface area contributed by atoms with E-state index < -0.39 is 59.8 Å². The fraction of sp³-hybridized carbons (Fsp3) is 0.756. The number of benzene rings is 1. The minimum atomic E-state index is -1.65. The number of amides is 1. The lowest BCUT2D eigenvalue weighted by Gasteiger charge is -2.64. The van der Waals surface area contributed by atoms with Crippen LogP contribution in [0.3, 0.4) is 0 Å². The maximum Gasteiger partial charge on any atom is 0.514 e. The van der Waals surface area contributed by atoms with Gasteiger partial charge in [0.1, 0.15) is 34.2 Å². The van der Waals surface area contributed by atoms with Crippen LogP contribution >= 0.6 is 0 Å². The van der Waals surface area contributed by atoms with E-state index in [2.05, 4.69) is 26.1 Å². The highest BCUT2D eigenvalue weighted by atomic mass is 16.7. The summed E-state index contributed by atoms with van der Waals surface area (Å²) in [5.74, 6) is -0.984. The van der Waals surface area contributed by atoms with Gasteiger partial charge >= 0.3 is 31.3 Å². The van der Waals surface area contributed by atoms with Crippen LogP contribution in [0.15, 0.2) is 12.1 Å². The Balaban J connectivity index is 1.25. The normalized spacial score (nSPS) is 29.4. The van der Waals surface area contributed by atoms with E-state index in [1.165, 1.54) is 6.92 Å². The van der Waals surface area contributed by atoms with Gasteiger partial charge in [0.05, 0.1) is 11.7 Å². The number of hydrogen-bond acceptors (Lipinski definition) is 12. The number of ether oxygens (including phenoxy) is 5. The van der Waals surface area contributed by atoms with Crippen LogP contribution in [-0.4, -0.2) is 101 Å². The van der Waals surface area contributed by atoms with Crippen molar-refractivity contribution in [3.05, 3.63) is 23.3 Å². The average Bonchev–Trinajstić information content (AvgIpc) is 3.69. The van der Waals surface area contributed by atoms with Crippen molar-refractivity contribution in [1.82, 2.24) is 10.2 Å². The predicted molar refractivity (Wildman–Crippen MR) is 206 cm³/mol. The number of carbonyl (C=O) groups excluding carboxylic acids is 3. The number of carboxylic acid groups (broad SMARTS) is 1. The van der Waals surface area contributed by atoms with Crippen LogP contribution in [0, 0.1) is 17.3 Å². The Morgan fingerprint density at radius 2 is 1.52 bits per heavy atom. The van der Waals surface area contributed by atoms with Crippen molar-refractivity contribution < 1.29 is 57.3 Å². The maximum absolute atomic E-state index is 14.1. The molecule has 1 aromatic carbocycles. The van der Waals surface area contributed by atoms with Gasteiger partial charge < -0.3 is 43.4 Å². The highest BCUT2D eigenvalue weighted by Gasteiger charge is 2.70. The number of aliphatic carboxylic acids is 1. The quantitative estimate of drug-likeness (QED) is 0.108. The number of carboxylic acids is 1. The lowest BCUT2D eigenvalue weighted by atomic mass is 9.43. The van der Waals surface area contributed by atoms with Crippen molar-refractivity contribution in [3.8, 4) is 11.5 Å². The topological polar surface area (TPSA) is 168 Å². The van der Waals surface area contributed by atoms with Gasteiger partial charge in [-0.1, -0.05) is 19.9 Å². The van der Waals surface area contributed by atoms with Crippen LogP contribution in [0.25, 0.3) is 0 Å². The SMILES string of the molecule is CC(C)(C)OC(=O)N[C@](C)(CN1CC(Oc2ccc(C3CC3B3O[C@@H]4C[C@@H]5C[C@@H](C5(C)C)[C@]4(C)O3)c(OC(=O)OC(C)(C)C)c2C(=O)OC(C)(C)C)C1)C(=O)O. The Labute approximate surface area is 331 Å². The number of hydrogen-bond donors (Lipinski definition) is 2. The van der Waals surface area contributed by atoms with E-state index in [0.717, 1.165) is 12.8 Å². The largest absolute Gasteiger partial charge is 0.514 e. The number of nitrogens with one attached hydrogen (secondary N) is 1. The minimum Gasteiger partial charge on any atom is -0.487 e. The van der Waals surface area contributed by atoms with E-state index in [1.54, 1.807) is 74.4 Å². The highest BCUT2D eigenvalue weighted by Crippen LogP contribution is 2.68. The number of alkyl carbamates (subject to hydrolysis) is 1. The van der Waals surface area contributed by atoms with Gasteiger partial charge in [0, 0.05) is 25.5 Å². The number of likely N-dealkylation sites (tertiary alicyclic amines) is 1. The molecule has 56 heavy (non-hydrogen) atoms. The molecule has 15 heteroatoms. The molecular formula is C41H61BN2O12. The molecule has 2 unspecified atom stereocenters. The van der Waals surface area contributed by atoms with Crippen molar-refractivity contribution in [1.29, 1.82) is 0 Å². The Morgan fingerprint density at radius 1 is 0.893 bits per heavy atom. The van der Waals surface area contributed by atoms with Crippen LogP contribution in [0.2, 0.25) is 5.82 Å². The molecule has 2 saturated heterocycles. The molecule has 6 aliphatic rings. The first-order valence-electron chi connectivity index (χ1n) is 19.9. The minimum absolute atomic E-state index is 0.000270. The van der Waals surface area contributed by atoms with Crippen LogP contribution in [-0.2, 0) is 28.3 Å². The van der Waals surface area contributed by atoms with E-state index in [4.69, 9.17) is 33.0 Å². The lowest BCUT2D eigenvalue weighted by Crippen LogP contribution is -2.65. The second-order valence-corrected chi connectivity index (χ2v) is 20.5. The average molecular weight is 785 g/mol. The van der Waals surface area contributed by atoms with Crippen molar-refractivity contribution >= 4 is 31.3 Å². The Kier molecular flexibility index (Phi) is 10.6. The summed E-state index contributed by atoms with van der Waals surface area (Å²) in [6, 6.07) is 3.49. The van der Waals surface area contributed by atoms with E-state index in [1.807, 2.05) is 4.90 Å². The van der Waals surface area contributed by atoms with Crippen LogP contribution in [0.5, 0.6) is 11.5 Å². The van der Waals surface area contributed by atoms with Crippen LogP contribution in [0.1, 0.15) is 131 Å². The van der Waals surface area contributed by atoms with Crippen LogP contribution in [0.4, 0.5) is 9.59 Å². The zero-order valence-electron chi connectivity index (χ0n) is 35.3. The van der Waals surface area contributed by atoms with Gasteiger partial charge in [-0.05, 0) is 130 Å². The van der Waals surface area contributed by atoms with Gasteiger partial charge in [0.25, 0.3) is 0 Å².